The maximum absolute atomic E-state index is 5.63. The van der Waals surface area contributed by atoms with E-state index in [0.29, 0.717) is 5.82 Å². The quantitative estimate of drug-likeness (QED) is 0.713. The molecule has 0 saturated carbocycles. The van der Waals surface area contributed by atoms with Gasteiger partial charge in [0, 0.05) is 6.20 Å². The number of nitrogens with two attached hydrogens (primary N) is 1. The first kappa shape index (κ1) is 8.59. The first-order chi connectivity index (χ1) is 5.83. The number of hydrogen-bond donors (Lipinski definition) is 2. The van der Waals surface area contributed by atoms with E-state index in [-0.39, 0.29) is 0 Å². The second-order valence-electron chi connectivity index (χ2n) is 2.41. The summed E-state index contributed by atoms with van der Waals surface area (Å²) >= 11 is 0. The van der Waals surface area contributed by atoms with Crippen molar-refractivity contribution in [1.29, 1.82) is 0 Å². The molecule has 64 valence electrons. The van der Waals surface area contributed by atoms with Crippen LogP contribution >= 0.6 is 0 Å². The number of nitrogens with one attached hydrogen (secondary N) is 1. The van der Waals surface area contributed by atoms with Crippen molar-refractivity contribution in [2.24, 2.45) is 5.73 Å². The van der Waals surface area contributed by atoms with Gasteiger partial charge in [0.05, 0.1) is 5.82 Å². The summed E-state index contributed by atoms with van der Waals surface area (Å²) in [5.41, 5.74) is 5.63. The minimum Gasteiger partial charge on any atom is -0.385 e. The molecular weight excluding hydrogens is 150 g/mol. The largest absolute Gasteiger partial charge is 0.385 e. The molecule has 3 N–H and O–H groups in total. The van der Waals surface area contributed by atoms with Gasteiger partial charge < -0.3 is 11.1 Å². The summed E-state index contributed by atoms with van der Waals surface area (Å²) < 4.78 is 0. The second-order valence-corrected chi connectivity index (χ2v) is 2.41. The highest BCUT2D eigenvalue weighted by Gasteiger charge is 1.90. The van der Waals surface area contributed by atoms with Crippen LogP contribution in [0.2, 0.25) is 0 Å². The van der Waals surface area contributed by atoms with Crippen LogP contribution in [-0.4, -0.2) is 4.98 Å². The monoisotopic (exact) mass is 163 g/mol. The molecule has 1 heterocycles. The van der Waals surface area contributed by atoms with Crippen LogP contribution in [0.15, 0.2) is 36.3 Å². The number of allylic oxidation sites excluding steroid dienone is 1. The van der Waals surface area contributed by atoms with Crippen LogP contribution in [0.25, 0.3) is 0 Å². The number of nitrogens with zero attached hydrogens (tertiary/aromatic N) is 1. The van der Waals surface area contributed by atoms with Crippen LogP contribution in [0, 0.1) is 0 Å². The third-order valence-electron chi connectivity index (χ3n) is 1.36. The highest BCUT2D eigenvalue weighted by molar-refractivity contribution is 5.39. The van der Waals surface area contributed by atoms with Gasteiger partial charge in [0.2, 0.25) is 0 Å². The predicted molar refractivity (Wildman–Crippen MR) is 50.4 cm³/mol. The third kappa shape index (κ3) is 2.62. The van der Waals surface area contributed by atoms with Crippen molar-refractivity contribution in [1.82, 2.24) is 4.98 Å². The molecule has 0 radical (unpaired) electrons. The average Bonchev–Trinajstić information content (AvgIpc) is 2.06. The molecule has 1 aromatic rings. The van der Waals surface area contributed by atoms with Crippen molar-refractivity contribution < 1.29 is 0 Å². The van der Waals surface area contributed by atoms with Gasteiger partial charge in [-0.1, -0.05) is 13.0 Å². The summed E-state index contributed by atoms with van der Waals surface area (Å²) in [4.78, 5) is 4.07. The van der Waals surface area contributed by atoms with E-state index in [4.69, 9.17) is 5.73 Å². The van der Waals surface area contributed by atoms with Crippen LogP contribution in [0.3, 0.4) is 0 Å². The molecule has 3 heteroatoms. The zero-order chi connectivity index (χ0) is 8.81. The molecule has 0 bridgehead atoms. The van der Waals surface area contributed by atoms with Gasteiger partial charge in [-0.3, -0.25) is 0 Å². The summed E-state index contributed by atoms with van der Waals surface area (Å²) in [5, 5.41) is 2.97. The lowest BCUT2D eigenvalue weighted by Gasteiger charge is -2.03. The minimum atomic E-state index is 0.649. The van der Waals surface area contributed by atoms with Crippen molar-refractivity contribution in [2.45, 2.75) is 13.3 Å². The van der Waals surface area contributed by atoms with Crippen LogP contribution in [0.4, 0.5) is 5.82 Å². The fraction of sp³-hybridized carbons (Fsp3) is 0.222. The standard InChI is InChI=1S/C9H13N3/c1-2-5-8(10)12-9-6-3-4-7-11-9/h3-7H,2,10H2,1H3,(H,11,12). The predicted octanol–water partition coefficient (Wildman–Crippen LogP) is 1.70. The highest BCUT2D eigenvalue weighted by atomic mass is 15.1. The molecule has 1 rings (SSSR count). The van der Waals surface area contributed by atoms with Crippen molar-refractivity contribution in [3.63, 3.8) is 0 Å². The Morgan fingerprint density at radius 1 is 1.67 bits per heavy atom. The lowest BCUT2D eigenvalue weighted by molar-refractivity contribution is 1.14. The molecule has 0 fully saturated rings. The van der Waals surface area contributed by atoms with Crippen molar-refractivity contribution >= 4 is 5.82 Å². The number of hydrogen-bond acceptors (Lipinski definition) is 3. The zero-order valence-corrected chi connectivity index (χ0v) is 7.12. The van der Waals surface area contributed by atoms with Crippen molar-refractivity contribution in [3.05, 3.63) is 36.3 Å². The van der Waals surface area contributed by atoms with Gasteiger partial charge in [0.1, 0.15) is 5.82 Å². The van der Waals surface area contributed by atoms with E-state index in [1.165, 1.54) is 0 Å². The fourth-order valence-corrected chi connectivity index (χ4v) is 0.856. The molecule has 0 aliphatic carbocycles. The SMILES string of the molecule is CCC=C(N)Nc1ccccn1. The van der Waals surface area contributed by atoms with Gasteiger partial charge >= 0.3 is 0 Å². The lowest BCUT2D eigenvalue weighted by atomic mass is 10.4. The molecule has 0 spiro atoms. The number of rotatable bonds is 3. The van der Waals surface area contributed by atoms with Gasteiger partial charge in [-0.2, -0.15) is 0 Å². The minimum absolute atomic E-state index is 0.649. The Morgan fingerprint density at radius 2 is 2.50 bits per heavy atom. The molecule has 12 heavy (non-hydrogen) atoms. The Bertz CT molecular complexity index is 254. The summed E-state index contributed by atoms with van der Waals surface area (Å²) in [5.74, 6) is 1.43. The van der Waals surface area contributed by atoms with E-state index < -0.39 is 0 Å². The molecule has 1 aromatic heterocycles. The van der Waals surface area contributed by atoms with Gasteiger partial charge in [-0.25, -0.2) is 4.98 Å². The van der Waals surface area contributed by atoms with E-state index in [2.05, 4.69) is 10.3 Å². The first-order valence-electron chi connectivity index (χ1n) is 3.96. The molecule has 0 aliphatic heterocycles. The number of pyridine rings is 1. The normalized spacial score (nSPS) is 11.2. The number of aromatic nitrogens is 1. The molecule has 0 aromatic carbocycles. The second kappa shape index (κ2) is 4.38. The third-order valence-corrected chi connectivity index (χ3v) is 1.36. The first-order valence-corrected chi connectivity index (χ1v) is 3.96. The maximum atomic E-state index is 5.63. The fourth-order valence-electron chi connectivity index (χ4n) is 0.856. The maximum Gasteiger partial charge on any atom is 0.131 e. The van der Waals surface area contributed by atoms with E-state index >= 15 is 0 Å². The van der Waals surface area contributed by atoms with Crippen molar-refractivity contribution in [2.75, 3.05) is 5.32 Å². The highest BCUT2D eigenvalue weighted by Crippen LogP contribution is 2.01. The summed E-state index contributed by atoms with van der Waals surface area (Å²) in [6.45, 7) is 2.03. The Hall–Kier alpha value is -1.51. The summed E-state index contributed by atoms with van der Waals surface area (Å²) in [6.07, 6.45) is 4.56. The average molecular weight is 163 g/mol. The Kier molecular flexibility index (Phi) is 3.14. The van der Waals surface area contributed by atoms with Gasteiger partial charge in [-0.05, 0) is 24.6 Å². The van der Waals surface area contributed by atoms with Crippen LogP contribution < -0.4 is 11.1 Å². The van der Waals surface area contributed by atoms with E-state index in [1.54, 1.807) is 6.20 Å². The van der Waals surface area contributed by atoms with E-state index in [9.17, 15) is 0 Å². The Labute approximate surface area is 72.3 Å². The molecule has 0 amide bonds. The van der Waals surface area contributed by atoms with E-state index in [1.807, 2.05) is 31.2 Å². The van der Waals surface area contributed by atoms with E-state index in [0.717, 1.165) is 12.2 Å². The molecule has 0 aliphatic rings. The van der Waals surface area contributed by atoms with Crippen LogP contribution in [-0.2, 0) is 0 Å². The van der Waals surface area contributed by atoms with Gasteiger partial charge in [-0.15, -0.1) is 0 Å². The zero-order valence-electron chi connectivity index (χ0n) is 7.12. The Morgan fingerprint density at radius 3 is 3.08 bits per heavy atom. The van der Waals surface area contributed by atoms with Crippen LogP contribution in [0.5, 0.6) is 0 Å². The van der Waals surface area contributed by atoms with Crippen molar-refractivity contribution in [3.8, 4) is 0 Å². The Balaban J connectivity index is 2.58. The number of anilines is 1. The molecule has 0 unspecified atom stereocenters. The molecule has 3 nitrogen and oxygen atoms in total. The summed E-state index contributed by atoms with van der Waals surface area (Å²) in [6, 6.07) is 5.65. The smallest absolute Gasteiger partial charge is 0.131 e. The molecule has 0 saturated heterocycles. The van der Waals surface area contributed by atoms with Crippen LogP contribution in [0.1, 0.15) is 13.3 Å². The molecule has 0 atom stereocenters. The van der Waals surface area contributed by atoms with Gasteiger partial charge in [0.15, 0.2) is 0 Å². The molecular formula is C9H13N3. The van der Waals surface area contributed by atoms with Gasteiger partial charge in [0.25, 0.3) is 0 Å². The topological polar surface area (TPSA) is 50.9 Å². The lowest BCUT2D eigenvalue weighted by Crippen LogP contribution is -2.09. The summed E-state index contributed by atoms with van der Waals surface area (Å²) in [7, 11) is 0.